The summed E-state index contributed by atoms with van der Waals surface area (Å²) >= 11 is 0. The van der Waals surface area contributed by atoms with Gasteiger partial charge >= 0.3 is 0 Å². The Bertz CT molecular complexity index is 250. The second-order valence-electron chi connectivity index (χ2n) is 2.30. The molecule has 0 aliphatic carbocycles. The summed E-state index contributed by atoms with van der Waals surface area (Å²) in [4.78, 5) is 0. The number of phenolic OH excluding ortho intramolecular Hbond substituents is 1. The van der Waals surface area contributed by atoms with Crippen molar-refractivity contribution in [2.45, 2.75) is 6.54 Å². The molecular formula is C8H10FNO. The van der Waals surface area contributed by atoms with Crippen LogP contribution in [-0.2, 0) is 6.54 Å². The number of halogens is 1. The molecule has 11 heavy (non-hydrogen) atoms. The number of hydrogen-bond donors (Lipinski definition) is 2. The van der Waals surface area contributed by atoms with Crippen molar-refractivity contribution in [1.29, 1.82) is 0 Å². The van der Waals surface area contributed by atoms with Crippen molar-refractivity contribution < 1.29 is 9.50 Å². The van der Waals surface area contributed by atoms with E-state index in [4.69, 9.17) is 5.11 Å². The Morgan fingerprint density at radius 3 is 2.91 bits per heavy atom. The minimum Gasteiger partial charge on any atom is -0.508 e. The van der Waals surface area contributed by atoms with Gasteiger partial charge in [0.05, 0.1) is 0 Å². The second-order valence-corrected chi connectivity index (χ2v) is 2.30. The minimum atomic E-state index is -0.326. The van der Waals surface area contributed by atoms with Gasteiger partial charge in [-0.25, -0.2) is 4.39 Å². The molecule has 0 saturated carbocycles. The lowest BCUT2D eigenvalue weighted by Gasteiger charge is -2.02. The molecule has 0 aliphatic heterocycles. The van der Waals surface area contributed by atoms with Gasteiger partial charge in [-0.15, -0.1) is 0 Å². The first-order valence-electron chi connectivity index (χ1n) is 3.36. The summed E-state index contributed by atoms with van der Waals surface area (Å²) in [6.07, 6.45) is 0. The van der Waals surface area contributed by atoms with Crippen molar-refractivity contribution in [3.63, 3.8) is 0 Å². The molecule has 0 aliphatic rings. The van der Waals surface area contributed by atoms with Crippen LogP contribution >= 0.6 is 0 Å². The van der Waals surface area contributed by atoms with Gasteiger partial charge < -0.3 is 10.4 Å². The molecule has 2 nitrogen and oxygen atoms in total. The van der Waals surface area contributed by atoms with Crippen molar-refractivity contribution in [3.05, 3.63) is 29.6 Å². The van der Waals surface area contributed by atoms with Gasteiger partial charge in [-0.05, 0) is 25.2 Å². The van der Waals surface area contributed by atoms with Crippen molar-refractivity contribution in [3.8, 4) is 5.75 Å². The molecule has 0 atom stereocenters. The highest BCUT2D eigenvalue weighted by Crippen LogP contribution is 2.16. The van der Waals surface area contributed by atoms with Crippen LogP contribution in [0.4, 0.5) is 4.39 Å². The van der Waals surface area contributed by atoms with E-state index in [0.717, 1.165) is 0 Å². The summed E-state index contributed by atoms with van der Waals surface area (Å²) in [5.41, 5.74) is 0.576. The highest BCUT2D eigenvalue weighted by atomic mass is 19.1. The maximum absolute atomic E-state index is 12.5. The number of rotatable bonds is 2. The fraction of sp³-hybridized carbons (Fsp3) is 0.250. The van der Waals surface area contributed by atoms with Gasteiger partial charge in [0.1, 0.15) is 11.6 Å². The van der Waals surface area contributed by atoms with Gasteiger partial charge in [0.15, 0.2) is 0 Å². The molecule has 60 valence electrons. The van der Waals surface area contributed by atoms with Crippen molar-refractivity contribution in [1.82, 2.24) is 5.32 Å². The second kappa shape index (κ2) is 3.34. The van der Waals surface area contributed by atoms with Gasteiger partial charge in [-0.2, -0.15) is 0 Å². The lowest BCUT2D eigenvalue weighted by molar-refractivity contribution is 0.463. The van der Waals surface area contributed by atoms with E-state index < -0.39 is 0 Å². The minimum absolute atomic E-state index is 0.126. The Balaban J connectivity index is 2.93. The lowest BCUT2D eigenvalue weighted by atomic mass is 10.2. The van der Waals surface area contributed by atoms with Crippen LogP contribution in [0.2, 0.25) is 0 Å². The van der Waals surface area contributed by atoms with Crippen LogP contribution in [0, 0.1) is 5.82 Å². The first-order valence-corrected chi connectivity index (χ1v) is 3.36. The van der Waals surface area contributed by atoms with Crippen LogP contribution < -0.4 is 5.32 Å². The smallest absolute Gasteiger partial charge is 0.123 e. The third-order valence-corrected chi connectivity index (χ3v) is 1.41. The molecule has 0 aromatic heterocycles. The molecule has 0 spiro atoms. The molecule has 0 amide bonds. The average Bonchev–Trinajstić information content (AvgIpc) is 1.98. The molecule has 0 saturated heterocycles. The lowest BCUT2D eigenvalue weighted by Crippen LogP contribution is -2.05. The van der Waals surface area contributed by atoms with E-state index in [1.165, 1.54) is 18.2 Å². The van der Waals surface area contributed by atoms with E-state index in [1.807, 2.05) is 0 Å². The van der Waals surface area contributed by atoms with E-state index in [0.29, 0.717) is 12.1 Å². The van der Waals surface area contributed by atoms with Crippen LogP contribution in [0.3, 0.4) is 0 Å². The summed E-state index contributed by atoms with van der Waals surface area (Å²) in [6.45, 7) is 0.476. The van der Waals surface area contributed by atoms with Crippen LogP contribution in [0.1, 0.15) is 5.56 Å². The van der Waals surface area contributed by atoms with Gasteiger partial charge in [-0.1, -0.05) is 0 Å². The number of nitrogens with one attached hydrogen (secondary N) is 1. The van der Waals surface area contributed by atoms with E-state index >= 15 is 0 Å². The predicted molar refractivity (Wildman–Crippen MR) is 40.8 cm³/mol. The van der Waals surface area contributed by atoms with Gasteiger partial charge in [-0.3, -0.25) is 0 Å². The van der Waals surface area contributed by atoms with Crippen molar-refractivity contribution in [2.24, 2.45) is 0 Å². The van der Waals surface area contributed by atoms with E-state index in [2.05, 4.69) is 5.32 Å². The molecule has 0 unspecified atom stereocenters. The Morgan fingerprint density at radius 2 is 2.27 bits per heavy atom. The zero-order chi connectivity index (χ0) is 8.27. The first-order chi connectivity index (χ1) is 5.24. The molecular weight excluding hydrogens is 145 g/mol. The van der Waals surface area contributed by atoms with Crippen molar-refractivity contribution >= 4 is 0 Å². The quantitative estimate of drug-likeness (QED) is 0.673. The van der Waals surface area contributed by atoms with Crippen LogP contribution in [0.5, 0.6) is 5.75 Å². The zero-order valence-electron chi connectivity index (χ0n) is 6.26. The summed E-state index contributed by atoms with van der Waals surface area (Å²) in [7, 11) is 1.74. The third-order valence-electron chi connectivity index (χ3n) is 1.41. The maximum Gasteiger partial charge on any atom is 0.123 e. The van der Waals surface area contributed by atoms with Gasteiger partial charge in [0.2, 0.25) is 0 Å². The third kappa shape index (κ3) is 1.91. The topological polar surface area (TPSA) is 32.3 Å². The Hall–Kier alpha value is -1.09. The van der Waals surface area contributed by atoms with Gasteiger partial charge in [0, 0.05) is 12.1 Å². The Labute approximate surface area is 64.7 Å². The monoisotopic (exact) mass is 155 g/mol. The maximum atomic E-state index is 12.5. The number of phenols is 1. The molecule has 0 radical (unpaired) electrons. The predicted octanol–water partition coefficient (Wildman–Crippen LogP) is 1.25. The number of hydrogen-bond acceptors (Lipinski definition) is 2. The summed E-state index contributed by atoms with van der Waals surface area (Å²) in [5.74, 6) is -0.200. The molecule has 0 fully saturated rings. The number of aromatic hydroxyl groups is 1. The fourth-order valence-corrected chi connectivity index (χ4v) is 0.886. The van der Waals surface area contributed by atoms with E-state index in [9.17, 15) is 4.39 Å². The Kier molecular flexibility index (Phi) is 2.44. The van der Waals surface area contributed by atoms with E-state index in [-0.39, 0.29) is 11.6 Å². The van der Waals surface area contributed by atoms with Crippen molar-refractivity contribution in [2.75, 3.05) is 7.05 Å². The van der Waals surface area contributed by atoms with Crippen LogP contribution in [-0.4, -0.2) is 12.2 Å². The fourth-order valence-electron chi connectivity index (χ4n) is 0.886. The summed E-state index contributed by atoms with van der Waals surface area (Å²) in [6, 6.07) is 3.89. The molecule has 3 heteroatoms. The highest BCUT2D eigenvalue weighted by Gasteiger charge is 2.00. The highest BCUT2D eigenvalue weighted by molar-refractivity contribution is 5.32. The summed E-state index contributed by atoms with van der Waals surface area (Å²) < 4.78 is 12.5. The number of benzene rings is 1. The summed E-state index contributed by atoms with van der Waals surface area (Å²) in [5, 5.41) is 12.0. The molecule has 1 rings (SSSR count). The molecule has 0 heterocycles. The van der Waals surface area contributed by atoms with Gasteiger partial charge in [0.25, 0.3) is 0 Å². The van der Waals surface area contributed by atoms with Crippen LogP contribution in [0.25, 0.3) is 0 Å². The zero-order valence-corrected chi connectivity index (χ0v) is 6.26. The standard InChI is InChI=1S/C8H10FNO/c1-10-5-6-4-7(9)2-3-8(6)11/h2-4,10-11H,5H2,1H3. The average molecular weight is 155 g/mol. The SMILES string of the molecule is CNCc1cc(F)ccc1O. The van der Waals surface area contributed by atoms with Crippen LogP contribution in [0.15, 0.2) is 18.2 Å². The van der Waals surface area contributed by atoms with E-state index in [1.54, 1.807) is 7.05 Å². The molecule has 2 N–H and O–H groups in total. The normalized spacial score (nSPS) is 10.0. The first kappa shape index (κ1) is 8.01. The molecule has 0 bridgehead atoms. The molecule has 1 aromatic carbocycles. The largest absolute Gasteiger partial charge is 0.508 e. The Morgan fingerprint density at radius 1 is 1.55 bits per heavy atom. The molecule has 1 aromatic rings.